The van der Waals surface area contributed by atoms with E-state index in [1.54, 1.807) is 31.2 Å². The fraction of sp³-hybridized carbons (Fsp3) is 0.176. The number of hydrogen-bond donors (Lipinski definition) is 0. The first-order valence-corrected chi connectivity index (χ1v) is 9.09. The fourth-order valence-electron chi connectivity index (χ4n) is 2.59. The molecule has 2 aromatic heterocycles. The first-order chi connectivity index (χ1) is 11.3. The molecule has 0 radical (unpaired) electrons. The number of hydrogen-bond acceptors (Lipinski definition) is 4. The zero-order chi connectivity index (χ0) is 17.4. The molecule has 0 saturated heterocycles. The van der Waals surface area contributed by atoms with Gasteiger partial charge in [0.05, 0.1) is 0 Å². The van der Waals surface area contributed by atoms with E-state index in [-0.39, 0.29) is 0 Å². The molecule has 0 spiro atoms. The Morgan fingerprint density at radius 1 is 1.42 bits per heavy atom. The summed E-state index contributed by atoms with van der Waals surface area (Å²) in [4.78, 5) is 15.0. The molecule has 0 aromatic carbocycles. The summed E-state index contributed by atoms with van der Waals surface area (Å²) in [6.45, 7) is 1.69. The molecule has 5 nitrogen and oxygen atoms in total. The Morgan fingerprint density at radius 2 is 2.21 bits per heavy atom. The average molecular weight is 363 g/mol. The highest BCUT2D eigenvalue weighted by molar-refractivity contribution is 7.91. The van der Waals surface area contributed by atoms with Crippen LogP contribution in [0, 0.1) is 0 Å². The van der Waals surface area contributed by atoms with Gasteiger partial charge in [-0.05, 0) is 54.8 Å². The Balaban J connectivity index is 2.06. The minimum Gasteiger partial charge on any atom is -0.276 e. The van der Waals surface area contributed by atoms with Gasteiger partial charge >= 0.3 is 0 Å². The van der Waals surface area contributed by atoms with Gasteiger partial charge in [0.15, 0.2) is 5.65 Å². The van der Waals surface area contributed by atoms with Gasteiger partial charge in [-0.2, -0.15) is 0 Å². The quantitative estimate of drug-likeness (QED) is 0.618. The van der Waals surface area contributed by atoms with E-state index in [9.17, 15) is 13.2 Å². The Kier molecular flexibility index (Phi) is 4.19. The first-order valence-electron chi connectivity index (χ1n) is 7.28. The molecule has 0 saturated carbocycles. The maximum atomic E-state index is 13.0. The van der Waals surface area contributed by atoms with Gasteiger partial charge in [-0.1, -0.05) is 24.3 Å². The van der Waals surface area contributed by atoms with Gasteiger partial charge < -0.3 is 0 Å². The summed E-state index contributed by atoms with van der Waals surface area (Å²) in [6, 6.07) is 3.44. The van der Waals surface area contributed by atoms with Crippen LogP contribution in [0.1, 0.15) is 18.9 Å². The van der Waals surface area contributed by atoms with Crippen molar-refractivity contribution >= 4 is 44.0 Å². The number of carbonyl (C=O) groups excluding carboxylic acids is 1. The largest absolute Gasteiger partial charge is 0.276 e. The number of halogens is 1. The lowest BCUT2D eigenvalue weighted by atomic mass is 10.0. The average Bonchev–Trinajstić information content (AvgIpc) is 2.97. The van der Waals surface area contributed by atoms with Crippen LogP contribution in [0.15, 0.2) is 54.9 Å². The molecule has 1 aliphatic rings. The van der Waals surface area contributed by atoms with Crippen molar-refractivity contribution in [1.29, 1.82) is 0 Å². The summed E-state index contributed by atoms with van der Waals surface area (Å²) >= 11 is 5.27. The summed E-state index contributed by atoms with van der Waals surface area (Å²) < 4.78 is 26.3. The maximum absolute atomic E-state index is 13.0. The molecule has 1 atom stereocenters. The lowest BCUT2D eigenvalue weighted by molar-refractivity contribution is -0.107. The molecule has 124 valence electrons. The lowest BCUT2D eigenvalue weighted by Gasteiger charge is -2.26. The van der Waals surface area contributed by atoms with Gasteiger partial charge in [-0.25, -0.2) is 17.4 Å². The molecule has 3 rings (SSSR count). The van der Waals surface area contributed by atoms with Crippen LogP contribution in [-0.2, 0) is 14.8 Å². The highest BCUT2D eigenvalue weighted by atomic mass is 35.5. The normalized spacial score (nSPS) is 20.9. The summed E-state index contributed by atoms with van der Waals surface area (Å²) in [5.74, 6) is 0. The molecule has 0 amide bonds. The van der Waals surface area contributed by atoms with E-state index in [1.165, 1.54) is 28.5 Å². The molecule has 2 heterocycles. The summed E-state index contributed by atoms with van der Waals surface area (Å²) in [5, 5.41) is 0.0852. The molecule has 0 aliphatic heterocycles. The van der Waals surface area contributed by atoms with Crippen LogP contribution < -0.4 is 0 Å². The second-order valence-corrected chi connectivity index (χ2v) is 8.39. The second kappa shape index (κ2) is 6.03. The predicted molar refractivity (Wildman–Crippen MR) is 95.2 cm³/mol. The van der Waals surface area contributed by atoms with Crippen molar-refractivity contribution in [3.8, 4) is 0 Å². The zero-order valence-corrected chi connectivity index (χ0v) is 14.5. The minimum atomic E-state index is -3.66. The summed E-state index contributed by atoms with van der Waals surface area (Å²) in [6.07, 6.45) is 13.3. The number of allylic oxidation sites excluding steroid dienone is 4. The Morgan fingerprint density at radius 3 is 2.88 bits per heavy atom. The van der Waals surface area contributed by atoms with E-state index >= 15 is 0 Å². The minimum absolute atomic E-state index is 0.355. The number of aromatic nitrogens is 2. The van der Waals surface area contributed by atoms with Gasteiger partial charge in [0.1, 0.15) is 4.75 Å². The topological polar surface area (TPSA) is 69.0 Å². The molecule has 2 aromatic rings. The van der Waals surface area contributed by atoms with E-state index in [2.05, 4.69) is 4.98 Å². The van der Waals surface area contributed by atoms with Crippen molar-refractivity contribution in [1.82, 2.24) is 8.96 Å². The molecule has 7 heteroatoms. The smallest absolute Gasteiger partial charge is 0.249 e. The summed E-state index contributed by atoms with van der Waals surface area (Å²) in [5.41, 5.74) is 1.02. The molecule has 0 N–H and O–H groups in total. The van der Waals surface area contributed by atoms with Gasteiger partial charge in [-0.15, -0.1) is 0 Å². The van der Waals surface area contributed by atoms with Crippen LogP contribution >= 0.6 is 11.6 Å². The van der Waals surface area contributed by atoms with Crippen molar-refractivity contribution in [2.24, 2.45) is 0 Å². The first kappa shape index (κ1) is 16.7. The number of fused-ring (bicyclic) bond motifs is 1. The van der Waals surface area contributed by atoms with Gasteiger partial charge in [0.2, 0.25) is 15.3 Å². The Hall–Kier alpha value is -2.18. The molecule has 0 bridgehead atoms. The van der Waals surface area contributed by atoms with E-state index in [0.717, 1.165) is 0 Å². The number of carbonyl (C=O) groups is 1. The van der Waals surface area contributed by atoms with Crippen molar-refractivity contribution in [3.63, 3.8) is 0 Å². The van der Waals surface area contributed by atoms with Crippen LogP contribution in [0.4, 0.5) is 0 Å². The van der Waals surface area contributed by atoms with Crippen molar-refractivity contribution in [2.45, 2.75) is 18.1 Å². The third-order valence-electron chi connectivity index (χ3n) is 3.99. The van der Waals surface area contributed by atoms with E-state index in [1.807, 2.05) is 12.2 Å². The highest BCUT2D eigenvalue weighted by Crippen LogP contribution is 2.31. The van der Waals surface area contributed by atoms with Crippen molar-refractivity contribution in [2.75, 3.05) is 0 Å². The lowest BCUT2D eigenvalue weighted by Crippen LogP contribution is -2.37. The van der Waals surface area contributed by atoms with Gasteiger partial charge in [0, 0.05) is 17.8 Å². The predicted octanol–water partition coefficient (Wildman–Crippen LogP) is 3.27. The van der Waals surface area contributed by atoms with E-state index in [0.29, 0.717) is 23.0 Å². The number of pyridine rings is 1. The number of rotatable bonds is 4. The molecular weight excluding hydrogens is 348 g/mol. The highest BCUT2D eigenvalue weighted by Gasteiger charge is 2.38. The van der Waals surface area contributed by atoms with Crippen LogP contribution in [-0.4, -0.2) is 27.4 Å². The van der Waals surface area contributed by atoms with Crippen LogP contribution in [0.5, 0.6) is 0 Å². The van der Waals surface area contributed by atoms with Gasteiger partial charge in [-0.3, -0.25) is 4.79 Å². The van der Waals surface area contributed by atoms with Crippen LogP contribution in [0.2, 0.25) is 0 Å². The fourth-order valence-corrected chi connectivity index (χ4v) is 4.26. The van der Waals surface area contributed by atoms with Crippen LogP contribution in [0.3, 0.4) is 0 Å². The van der Waals surface area contributed by atoms with Crippen molar-refractivity contribution in [3.05, 3.63) is 60.5 Å². The molecule has 1 aliphatic carbocycles. The van der Waals surface area contributed by atoms with E-state index < -0.39 is 20.0 Å². The second-order valence-electron chi connectivity index (χ2n) is 5.74. The third-order valence-corrected chi connectivity index (χ3v) is 6.41. The third kappa shape index (κ3) is 2.83. The maximum Gasteiger partial charge on any atom is 0.249 e. The standard InChI is InChI=1S/C17H15ClN2O3S/c1-17(8-3-2-4-9-17)24(22,23)20-10-7-14-11-13(5-6-15(18)21)12-19-16(14)20/h2-8,10-12H,9H2,1H3/b6-5+. The monoisotopic (exact) mass is 362 g/mol. The Bertz CT molecular complexity index is 1000. The SMILES string of the molecule is CC1(S(=O)(=O)n2ccc3cc(/C=C/C(=O)Cl)cnc32)C=CC=CC1. The van der Waals surface area contributed by atoms with Crippen molar-refractivity contribution < 1.29 is 13.2 Å². The zero-order valence-electron chi connectivity index (χ0n) is 12.9. The van der Waals surface area contributed by atoms with Crippen LogP contribution in [0.25, 0.3) is 17.1 Å². The molecule has 1 unspecified atom stereocenters. The Labute approximate surface area is 145 Å². The van der Waals surface area contributed by atoms with E-state index in [4.69, 9.17) is 11.6 Å². The molecule has 0 fully saturated rings. The number of nitrogens with zero attached hydrogens (tertiary/aromatic N) is 2. The molecular formula is C17H15ClN2O3S. The molecule has 24 heavy (non-hydrogen) atoms. The summed E-state index contributed by atoms with van der Waals surface area (Å²) in [7, 11) is -3.66. The van der Waals surface area contributed by atoms with Gasteiger partial charge in [0.25, 0.3) is 0 Å².